The molecule has 9 nitrogen and oxygen atoms in total. The molecule has 0 aliphatic heterocycles. The fourth-order valence-corrected chi connectivity index (χ4v) is 3.23. The predicted octanol–water partition coefficient (Wildman–Crippen LogP) is 4.56. The summed E-state index contributed by atoms with van der Waals surface area (Å²) >= 11 is 0. The Morgan fingerprint density at radius 3 is 2.45 bits per heavy atom. The lowest BCUT2D eigenvalue weighted by Gasteiger charge is -2.16. The Kier molecular flexibility index (Phi) is 9.88. The summed E-state index contributed by atoms with van der Waals surface area (Å²) in [5.41, 5.74) is -0.0617. The van der Waals surface area contributed by atoms with Crippen LogP contribution in [0.15, 0.2) is 60.8 Å². The molecule has 0 fully saturated rings. The van der Waals surface area contributed by atoms with E-state index in [1.165, 1.54) is 25.4 Å². The van der Waals surface area contributed by atoms with E-state index in [1.54, 1.807) is 30.3 Å². The molecule has 0 atom stereocenters. The van der Waals surface area contributed by atoms with E-state index in [2.05, 4.69) is 26.3 Å². The fraction of sp³-hybridized carbons (Fsp3) is 0.269. The zero-order chi connectivity index (χ0) is 27.5. The van der Waals surface area contributed by atoms with E-state index in [1.807, 2.05) is 6.92 Å². The van der Waals surface area contributed by atoms with Crippen LogP contribution in [0, 0.1) is 0 Å². The van der Waals surface area contributed by atoms with Crippen molar-refractivity contribution in [3.8, 4) is 17.2 Å². The first-order chi connectivity index (χ1) is 18.2. The molecule has 0 aliphatic carbocycles. The first-order valence-corrected chi connectivity index (χ1v) is 11.7. The summed E-state index contributed by atoms with van der Waals surface area (Å²) in [4.78, 5) is 28.2. The number of aromatic nitrogens is 1. The highest BCUT2D eigenvalue weighted by Gasteiger charge is 2.31. The van der Waals surface area contributed by atoms with Crippen LogP contribution in [0.2, 0.25) is 0 Å². The van der Waals surface area contributed by atoms with Crippen molar-refractivity contribution in [1.82, 2.24) is 20.9 Å². The number of carbonyl (C=O) groups is 2. The van der Waals surface area contributed by atoms with Gasteiger partial charge < -0.3 is 30.7 Å². The Balaban J connectivity index is 1.59. The zero-order valence-corrected chi connectivity index (χ0v) is 20.8. The first kappa shape index (κ1) is 28.3. The number of rotatable bonds is 11. The van der Waals surface area contributed by atoms with Crippen LogP contribution in [0.5, 0.6) is 17.2 Å². The molecule has 3 aromatic rings. The molecule has 202 valence electrons. The molecule has 1 heterocycles. The Morgan fingerprint density at radius 2 is 1.76 bits per heavy atom. The minimum absolute atomic E-state index is 0.0916. The molecule has 4 N–H and O–H groups in total. The molecule has 0 spiro atoms. The number of halogens is 3. The Labute approximate surface area is 217 Å². The number of carbonyl (C=O) groups excluding carboxylic acids is 2. The van der Waals surface area contributed by atoms with Crippen LogP contribution in [0.1, 0.15) is 28.5 Å². The number of anilines is 1. The number of hydrogen-bond donors (Lipinski definition) is 4. The topological polar surface area (TPSA) is 114 Å². The number of pyridine rings is 1. The lowest BCUT2D eigenvalue weighted by atomic mass is 10.1. The van der Waals surface area contributed by atoms with Gasteiger partial charge in [-0.05, 0) is 48.5 Å². The Hall–Kier alpha value is -4.32. The average molecular weight is 532 g/mol. The van der Waals surface area contributed by atoms with E-state index in [0.717, 1.165) is 24.2 Å². The molecule has 0 saturated heterocycles. The molecule has 0 saturated carbocycles. The zero-order valence-electron chi connectivity index (χ0n) is 20.8. The summed E-state index contributed by atoms with van der Waals surface area (Å²) in [6, 6.07) is 12.1. The predicted molar refractivity (Wildman–Crippen MR) is 135 cm³/mol. The molecule has 0 unspecified atom stereocenters. The summed E-state index contributed by atoms with van der Waals surface area (Å²) in [6.45, 7) is 3.47. The van der Waals surface area contributed by atoms with E-state index in [9.17, 15) is 22.8 Å². The van der Waals surface area contributed by atoms with E-state index in [0.29, 0.717) is 18.0 Å². The summed E-state index contributed by atoms with van der Waals surface area (Å²) in [5.74, 6) is 0.708. The number of hydrogen-bond acceptors (Lipinski definition) is 6. The second-order valence-electron chi connectivity index (χ2n) is 7.92. The van der Waals surface area contributed by atoms with Crippen LogP contribution in [0.3, 0.4) is 0 Å². The minimum atomic E-state index is -4.57. The van der Waals surface area contributed by atoms with Crippen LogP contribution in [0.25, 0.3) is 0 Å². The third-order valence-electron chi connectivity index (χ3n) is 5.14. The SMILES string of the molecule is CCNCCOc1ccc(C(F)(F)F)cc1NC(=O)NCc1ccc(Oc2ccnc(C(=O)NC)c2)cc1. The first-order valence-electron chi connectivity index (χ1n) is 11.7. The molecule has 0 radical (unpaired) electrons. The van der Waals surface area contributed by atoms with Crippen molar-refractivity contribution in [3.63, 3.8) is 0 Å². The number of nitrogens with zero attached hydrogens (tertiary/aromatic N) is 1. The molecular formula is C26H28F3N5O4. The van der Waals surface area contributed by atoms with Gasteiger partial charge in [0.15, 0.2) is 0 Å². The average Bonchev–Trinajstić information content (AvgIpc) is 2.90. The van der Waals surface area contributed by atoms with E-state index < -0.39 is 17.8 Å². The van der Waals surface area contributed by atoms with Crippen molar-refractivity contribution in [2.24, 2.45) is 0 Å². The third kappa shape index (κ3) is 8.37. The number of ether oxygens (including phenoxy) is 2. The van der Waals surface area contributed by atoms with Crippen LogP contribution in [-0.4, -0.2) is 43.7 Å². The maximum absolute atomic E-state index is 13.2. The molecule has 1 aromatic heterocycles. The largest absolute Gasteiger partial charge is 0.490 e. The number of alkyl halides is 3. The normalized spacial score (nSPS) is 11.0. The highest BCUT2D eigenvalue weighted by atomic mass is 19.4. The maximum Gasteiger partial charge on any atom is 0.416 e. The van der Waals surface area contributed by atoms with Crippen molar-refractivity contribution < 1.29 is 32.2 Å². The highest BCUT2D eigenvalue weighted by molar-refractivity contribution is 5.92. The molecular weight excluding hydrogens is 503 g/mol. The molecule has 2 aromatic carbocycles. The standard InChI is InChI=1S/C26H28F3N5O4/c1-3-31-12-13-37-23-9-6-18(26(27,28)29)14-21(23)34-25(36)33-16-17-4-7-19(8-5-17)38-20-10-11-32-22(15-20)24(35)30-2/h4-11,14-15,31H,3,12-13,16H2,1-2H3,(H,30,35)(H2,33,34,36). The molecule has 3 amide bonds. The van der Waals surface area contributed by atoms with Gasteiger partial charge in [-0.25, -0.2) is 4.79 Å². The Bertz CT molecular complexity index is 1240. The summed E-state index contributed by atoms with van der Waals surface area (Å²) < 4.78 is 50.9. The number of urea groups is 1. The van der Waals surface area contributed by atoms with Crippen molar-refractivity contribution in [2.45, 2.75) is 19.6 Å². The van der Waals surface area contributed by atoms with Gasteiger partial charge in [-0.1, -0.05) is 19.1 Å². The van der Waals surface area contributed by atoms with Crippen LogP contribution < -0.4 is 30.7 Å². The van der Waals surface area contributed by atoms with Crippen molar-refractivity contribution >= 4 is 17.6 Å². The van der Waals surface area contributed by atoms with Gasteiger partial charge in [-0.3, -0.25) is 9.78 Å². The lowest BCUT2D eigenvalue weighted by molar-refractivity contribution is -0.137. The molecule has 38 heavy (non-hydrogen) atoms. The van der Waals surface area contributed by atoms with Gasteiger partial charge in [0.05, 0.1) is 11.3 Å². The van der Waals surface area contributed by atoms with E-state index in [4.69, 9.17) is 9.47 Å². The van der Waals surface area contributed by atoms with Gasteiger partial charge in [0.2, 0.25) is 0 Å². The van der Waals surface area contributed by atoms with Gasteiger partial charge >= 0.3 is 12.2 Å². The fourth-order valence-electron chi connectivity index (χ4n) is 3.23. The third-order valence-corrected chi connectivity index (χ3v) is 5.14. The number of amides is 3. The number of likely N-dealkylation sites (N-methyl/N-ethyl adjacent to an activating group) is 1. The van der Waals surface area contributed by atoms with Crippen LogP contribution >= 0.6 is 0 Å². The molecule has 0 bridgehead atoms. The number of nitrogens with one attached hydrogen (secondary N) is 4. The smallest absolute Gasteiger partial charge is 0.416 e. The molecule has 0 aliphatic rings. The second kappa shape index (κ2) is 13.3. The van der Waals surface area contributed by atoms with Crippen LogP contribution in [-0.2, 0) is 12.7 Å². The van der Waals surface area contributed by atoms with Gasteiger partial charge in [0.1, 0.15) is 29.5 Å². The minimum Gasteiger partial charge on any atom is -0.490 e. The molecule has 12 heteroatoms. The van der Waals surface area contributed by atoms with Crippen molar-refractivity contribution in [3.05, 3.63) is 77.6 Å². The lowest BCUT2D eigenvalue weighted by Crippen LogP contribution is -2.28. The maximum atomic E-state index is 13.2. The number of benzene rings is 2. The summed E-state index contributed by atoms with van der Waals surface area (Å²) in [5, 5.41) is 10.6. The Morgan fingerprint density at radius 1 is 1.00 bits per heavy atom. The van der Waals surface area contributed by atoms with E-state index in [-0.39, 0.29) is 36.2 Å². The van der Waals surface area contributed by atoms with Crippen molar-refractivity contribution in [2.75, 3.05) is 32.1 Å². The quantitative estimate of drug-likeness (QED) is 0.270. The molecule has 3 rings (SSSR count). The van der Waals surface area contributed by atoms with Crippen molar-refractivity contribution in [1.29, 1.82) is 0 Å². The van der Waals surface area contributed by atoms with Gasteiger partial charge in [-0.15, -0.1) is 0 Å². The highest BCUT2D eigenvalue weighted by Crippen LogP contribution is 2.35. The monoisotopic (exact) mass is 531 g/mol. The summed E-state index contributed by atoms with van der Waals surface area (Å²) in [7, 11) is 1.50. The van der Waals surface area contributed by atoms with Crippen LogP contribution in [0.4, 0.5) is 23.7 Å². The van der Waals surface area contributed by atoms with E-state index >= 15 is 0 Å². The second-order valence-corrected chi connectivity index (χ2v) is 7.92. The van der Waals surface area contributed by atoms with Gasteiger partial charge in [0.25, 0.3) is 5.91 Å². The summed E-state index contributed by atoms with van der Waals surface area (Å²) in [6.07, 6.45) is -3.11. The van der Waals surface area contributed by atoms with Gasteiger partial charge in [-0.2, -0.15) is 13.2 Å². The van der Waals surface area contributed by atoms with Gasteiger partial charge in [0, 0.05) is 32.4 Å².